The number of amides is 1. The van der Waals surface area contributed by atoms with Gasteiger partial charge in [-0.3, -0.25) is 4.79 Å². The minimum absolute atomic E-state index is 0.0920. The van der Waals surface area contributed by atoms with E-state index in [0.717, 1.165) is 31.9 Å². The van der Waals surface area contributed by atoms with Crippen molar-refractivity contribution in [3.8, 4) is 22.0 Å². The lowest BCUT2D eigenvalue weighted by molar-refractivity contribution is -0.116. The topological polar surface area (TPSA) is 90.0 Å². The number of hydrogen-bond acceptors (Lipinski definition) is 7. The molecule has 0 saturated carbocycles. The molecular formula is C20H18N4O3S2. The first-order valence-electron chi connectivity index (χ1n) is 8.94. The van der Waals surface area contributed by atoms with E-state index in [4.69, 9.17) is 4.42 Å². The van der Waals surface area contributed by atoms with Crippen molar-refractivity contribution >= 4 is 33.7 Å². The van der Waals surface area contributed by atoms with Gasteiger partial charge in [-0.25, -0.2) is 9.78 Å². The number of aryl methyl sites for hydroxylation is 3. The number of thiazole rings is 1. The largest absolute Gasteiger partial charge is 0.437 e. The summed E-state index contributed by atoms with van der Waals surface area (Å²) >= 11 is 2.80. The van der Waals surface area contributed by atoms with E-state index in [1.165, 1.54) is 22.7 Å². The average Bonchev–Trinajstić information content (AvgIpc) is 3.43. The Morgan fingerprint density at radius 2 is 2.10 bits per heavy atom. The summed E-state index contributed by atoms with van der Waals surface area (Å²) in [6, 6.07) is 9.88. The van der Waals surface area contributed by atoms with Gasteiger partial charge >= 0.3 is 5.76 Å². The fraction of sp³-hybridized carbons (Fsp3) is 0.200. The number of nitrogens with one attached hydrogen (secondary N) is 1. The number of carbonyl (C=O) groups excluding carboxylic acids is 1. The third kappa shape index (κ3) is 4.36. The zero-order valence-electron chi connectivity index (χ0n) is 15.8. The second-order valence-corrected chi connectivity index (χ2v) is 8.33. The second-order valence-electron chi connectivity index (χ2n) is 6.53. The van der Waals surface area contributed by atoms with E-state index >= 15 is 0 Å². The summed E-state index contributed by atoms with van der Waals surface area (Å²) in [4.78, 5) is 29.5. The van der Waals surface area contributed by atoms with E-state index < -0.39 is 5.76 Å². The normalized spacial score (nSPS) is 11.0. The highest BCUT2D eigenvalue weighted by atomic mass is 32.1. The lowest BCUT2D eigenvalue weighted by Crippen LogP contribution is -2.20. The first kappa shape index (κ1) is 19.3. The third-order valence-electron chi connectivity index (χ3n) is 4.31. The van der Waals surface area contributed by atoms with Crippen LogP contribution in [0.2, 0.25) is 0 Å². The van der Waals surface area contributed by atoms with Crippen LogP contribution < -0.4 is 11.1 Å². The van der Waals surface area contributed by atoms with Crippen LogP contribution in [0.25, 0.3) is 22.0 Å². The van der Waals surface area contributed by atoms with Crippen LogP contribution in [-0.4, -0.2) is 20.7 Å². The molecule has 0 unspecified atom stereocenters. The zero-order chi connectivity index (χ0) is 20.4. The maximum absolute atomic E-state index is 12.3. The molecular weight excluding hydrogens is 408 g/mol. The minimum atomic E-state index is -0.576. The van der Waals surface area contributed by atoms with Gasteiger partial charge < -0.3 is 9.73 Å². The lowest BCUT2D eigenvalue weighted by Gasteiger charge is -2.04. The van der Waals surface area contributed by atoms with Crippen LogP contribution in [0.15, 0.2) is 50.3 Å². The van der Waals surface area contributed by atoms with Crippen molar-refractivity contribution in [2.24, 2.45) is 0 Å². The number of aromatic nitrogens is 3. The molecule has 0 saturated heterocycles. The molecule has 0 aliphatic rings. The predicted molar refractivity (Wildman–Crippen MR) is 114 cm³/mol. The van der Waals surface area contributed by atoms with E-state index in [1.807, 2.05) is 36.7 Å². The van der Waals surface area contributed by atoms with E-state index in [9.17, 15) is 9.59 Å². The summed E-state index contributed by atoms with van der Waals surface area (Å²) in [6.45, 7) is 4.20. The molecule has 7 nitrogen and oxygen atoms in total. The Kier molecular flexibility index (Phi) is 5.41. The average molecular weight is 427 g/mol. The van der Waals surface area contributed by atoms with Crippen molar-refractivity contribution in [3.05, 3.63) is 62.8 Å². The number of anilines is 1. The first-order chi connectivity index (χ1) is 14.0. The molecule has 9 heteroatoms. The summed E-state index contributed by atoms with van der Waals surface area (Å²) in [5, 5.41) is 11.3. The van der Waals surface area contributed by atoms with Crippen molar-refractivity contribution in [2.45, 2.75) is 26.8 Å². The van der Waals surface area contributed by atoms with Gasteiger partial charge in [0.05, 0.1) is 17.1 Å². The Bertz CT molecular complexity index is 1200. The lowest BCUT2D eigenvalue weighted by atomic mass is 10.0. The Balaban J connectivity index is 1.39. The number of carbonyl (C=O) groups is 1. The van der Waals surface area contributed by atoms with Crippen molar-refractivity contribution in [1.29, 1.82) is 0 Å². The highest BCUT2D eigenvalue weighted by Crippen LogP contribution is 2.28. The molecule has 1 aromatic carbocycles. The molecule has 0 radical (unpaired) electrons. The predicted octanol–water partition coefficient (Wildman–Crippen LogP) is 4.33. The van der Waals surface area contributed by atoms with E-state index in [1.54, 1.807) is 0 Å². The Morgan fingerprint density at radius 3 is 2.90 bits per heavy atom. The second kappa shape index (κ2) is 8.14. The van der Waals surface area contributed by atoms with E-state index in [-0.39, 0.29) is 24.8 Å². The van der Waals surface area contributed by atoms with Gasteiger partial charge in [-0.15, -0.1) is 27.8 Å². The fourth-order valence-corrected chi connectivity index (χ4v) is 4.17. The quantitative estimate of drug-likeness (QED) is 0.495. The summed E-state index contributed by atoms with van der Waals surface area (Å²) in [5.74, 6) is -0.546. The Morgan fingerprint density at radius 1 is 1.24 bits per heavy atom. The van der Waals surface area contributed by atoms with Crippen LogP contribution >= 0.6 is 22.7 Å². The van der Waals surface area contributed by atoms with Gasteiger partial charge in [-0.05, 0) is 36.9 Å². The van der Waals surface area contributed by atoms with Crippen LogP contribution in [-0.2, 0) is 11.3 Å². The molecule has 148 valence electrons. The van der Waals surface area contributed by atoms with E-state index in [0.29, 0.717) is 5.13 Å². The SMILES string of the molecule is Cc1ccc(C)c(-c2csc(NC(=O)CCn3nc(-c4cccs4)oc3=O)n2)c1. The molecule has 0 aliphatic carbocycles. The minimum Gasteiger partial charge on any atom is -0.387 e. The molecule has 0 aliphatic heterocycles. The zero-order valence-corrected chi connectivity index (χ0v) is 17.5. The van der Waals surface area contributed by atoms with Crippen molar-refractivity contribution in [1.82, 2.24) is 14.8 Å². The van der Waals surface area contributed by atoms with Crippen LogP contribution in [0, 0.1) is 13.8 Å². The molecule has 1 N–H and O–H groups in total. The summed E-state index contributed by atoms with van der Waals surface area (Å²) in [6.07, 6.45) is 0.0920. The maximum Gasteiger partial charge on any atom is 0.437 e. The number of nitrogens with zero attached hydrogens (tertiary/aromatic N) is 3. The standard InChI is InChI=1S/C20H18N4O3S2/c1-12-5-6-13(2)14(10-12)15-11-29-19(21-15)22-17(25)7-8-24-20(26)27-18(23-24)16-4-3-9-28-16/h3-6,9-11H,7-8H2,1-2H3,(H,21,22,25). The van der Waals surface area contributed by atoms with Gasteiger partial charge in [0.15, 0.2) is 5.13 Å². The highest BCUT2D eigenvalue weighted by Gasteiger charge is 2.14. The summed E-state index contributed by atoms with van der Waals surface area (Å²) < 4.78 is 6.31. The molecule has 1 amide bonds. The summed E-state index contributed by atoms with van der Waals surface area (Å²) in [5.41, 5.74) is 4.17. The number of thiophene rings is 1. The maximum atomic E-state index is 12.3. The number of benzene rings is 1. The van der Waals surface area contributed by atoms with Crippen LogP contribution in [0.1, 0.15) is 17.5 Å². The molecule has 0 fully saturated rings. The van der Waals surface area contributed by atoms with Crippen LogP contribution in [0.4, 0.5) is 5.13 Å². The molecule has 3 aromatic heterocycles. The van der Waals surface area contributed by atoms with Crippen molar-refractivity contribution < 1.29 is 9.21 Å². The molecule has 4 rings (SSSR count). The molecule has 29 heavy (non-hydrogen) atoms. The van der Waals surface area contributed by atoms with Gasteiger partial charge in [0.25, 0.3) is 5.89 Å². The molecule has 0 atom stereocenters. The van der Waals surface area contributed by atoms with Crippen LogP contribution in [0.5, 0.6) is 0 Å². The van der Waals surface area contributed by atoms with Crippen molar-refractivity contribution in [3.63, 3.8) is 0 Å². The summed E-state index contributed by atoms with van der Waals surface area (Å²) in [7, 11) is 0. The molecule has 3 heterocycles. The van der Waals surface area contributed by atoms with E-state index in [2.05, 4.69) is 33.6 Å². The van der Waals surface area contributed by atoms with Gasteiger partial charge in [-0.2, -0.15) is 4.68 Å². The monoisotopic (exact) mass is 426 g/mol. The molecule has 0 bridgehead atoms. The molecule has 0 spiro atoms. The third-order valence-corrected chi connectivity index (χ3v) is 5.92. The van der Waals surface area contributed by atoms with Crippen LogP contribution in [0.3, 0.4) is 0 Å². The van der Waals surface area contributed by atoms with Crippen molar-refractivity contribution in [2.75, 3.05) is 5.32 Å². The highest BCUT2D eigenvalue weighted by molar-refractivity contribution is 7.14. The molecule has 4 aromatic rings. The van der Waals surface area contributed by atoms with Gasteiger partial charge in [0.1, 0.15) is 0 Å². The fourth-order valence-electron chi connectivity index (χ4n) is 2.80. The van der Waals surface area contributed by atoms with Gasteiger partial charge in [0.2, 0.25) is 5.91 Å². The first-order valence-corrected chi connectivity index (χ1v) is 10.7. The Hall–Kier alpha value is -3.04. The van der Waals surface area contributed by atoms with Gasteiger partial charge in [-0.1, -0.05) is 23.8 Å². The smallest absolute Gasteiger partial charge is 0.387 e. The number of hydrogen-bond donors (Lipinski definition) is 1. The Labute approximate surface area is 174 Å². The van der Waals surface area contributed by atoms with Gasteiger partial charge in [0, 0.05) is 17.4 Å². The number of rotatable bonds is 6.